The van der Waals surface area contributed by atoms with Crippen molar-refractivity contribution in [3.63, 3.8) is 0 Å². The number of thioether (sulfide) groups is 1. The zero-order valence-corrected chi connectivity index (χ0v) is 12.0. The minimum Gasteiger partial charge on any atom is -0.338 e. The first kappa shape index (κ1) is 13.1. The van der Waals surface area contributed by atoms with Gasteiger partial charge in [-0.1, -0.05) is 34.6 Å². The second-order valence-electron chi connectivity index (χ2n) is 3.88. The second-order valence-corrected chi connectivity index (χ2v) is 5.26. The average Bonchev–Trinajstić information content (AvgIpc) is 3.05. The monoisotopic (exact) mass is 308 g/mol. The fraction of sp³-hybridized carbons (Fsp3) is 0.182. The number of nitrogens with zero attached hydrogens (tertiary/aromatic N) is 6. The Hall–Kier alpha value is -1.93. The largest absolute Gasteiger partial charge is 0.338 e. The molecule has 2 aromatic heterocycles. The lowest BCUT2D eigenvalue weighted by Gasteiger charge is -2.03. The summed E-state index contributed by atoms with van der Waals surface area (Å²) in [6, 6.07) is 7.31. The minimum absolute atomic E-state index is 0.502. The lowest BCUT2D eigenvalue weighted by Crippen LogP contribution is -1.99. The lowest BCUT2D eigenvalue weighted by molar-refractivity contribution is 0.387. The highest BCUT2D eigenvalue weighted by molar-refractivity contribution is 7.98. The molecular weight excluding hydrogens is 300 g/mol. The normalized spacial score (nSPS) is 10.9. The van der Waals surface area contributed by atoms with Crippen molar-refractivity contribution >= 4 is 23.4 Å². The molecule has 2 heterocycles. The number of benzene rings is 1. The van der Waals surface area contributed by atoms with E-state index in [9.17, 15) is 0 Å². The van der Waals surface area contributed by atoms with E-state index in [0.29, 0.717) is 27.6 Å². The molecule has 0 radical (unpaired) electrons. The fourth-order valence-corrected chi connectivity index (χ4v) is 2.48. The number of aromatic nitrogens is 6. The number of halogens is 1. The molecule has 0 fully saturated rings. The predicted octanol–water partition coefficient (Wildman–Crippen LogP) is 2.30. The van der Waals surface area contributed by atoms with Gasteiger partial charge in [0.25, 0.3) is 0 Å². The van der Waals surface area contributed by atoms with E-state index >= 15 is 0 Å². The Labute approximate surface area is 123 Å². The van der Waals surface area contributed by atoms with Crippen LogP contribution in [0.3, 0.4) is 0 Å². The van der Waals surface area contributed by atoms with Crippen LogP contribution in [0.1, 0.15) is 11.7 Å². The molecule has 0 spiro atoms. The Morgan fingerprint density at radius 1 is 1.40 bits per heavy atom. The summed E-state index contributed by atoms with van der Waals surface area (Å²) in [7, 11) is 0. The Bertz CT molecular complexity index is 727. The zero-order chi connectivity index (χ0) is 13.9. The summed E-state index contributed by atoms with van der Waals surface area (Å²) in [5.41, 5.74) is 0.798. The zero-order valence-electron chi connectivity index (χ0n) is 10.4. The summed E-state index contributed by atoms with van der Waals surface area (Å²) >= 11 is 7.38. The third-order valence-electron chi connectivity index (χ3n) is 2.39. The van der Waals surface area contributed by atoms with Crippen LogP contribution in [0.4, 0.5) is 0 Å². The van der Waals surface area contributed by atoms with Gasteiger partial charge in [0.05, 0.1) is 11.4 Å². The third-order valence-corrected chi connectivity index (χ3v) is 3.53. The van der Waals surface area contributed by atoms with Crippen molar-refractivity contribution in [2.24, 2.45) is 0 Å². The van der Waals surface area contributed by atoms with Gasteiger partial charge < -0.3 is 4.52 Å². The molecular formula is C11H9ClN6OS. The van der Waals surface area contributed by atoms with E-state index in [0.717, 1.165) is 5.69 Å². The molecule has 0 unspecified atom stereocenters. The van der Waals surface area contributed by atoms with Crippen molar-refractivity contribution in [3.05, 3.63) is 41.0 Å². The third kappa shape index (κ3) is 2.81. The number of tetrazole rings is 1. The molecule has 7 nitrogen and oxygen atoms in total. The highest BCUT2D eigenvalue weighted by Crippen LogP contribution is 2.22. The Morgan fingerprint density at radius 2 is 2.30 bits per heavy atom. The molecule has 0 amide bonds. The molecule has 1 aromatic carbocycles. The number of rotatable bonds is 4. The van der Waals surface area contributed by atoms with Crippen LogP contribution in [-0.2, 0) is 5.75 Å². The van der Waals surface area contributed by atoms with Crippen molar-refractivity contribution in [1.82, 2.24) is 30.3 Å². The van der Waals surface area contributed by atoms with Gasteiger partial charge in [-0.05, 0) is 35.5 Å². The summed E-state index contributed by atoms with van der Waals surface area (Å²) < 4.78 is 6.66. The predicted molar refractivity (Wildman–Crippen MR) is 72.8 cm³/mol. The van der Waals surface area contributed by atoms with Crippen LogP contribution < -0.4 is 0 Å². The van der Waals surface area contributed by atoms with Gasteiger partial charge in [-0.15, -0.1) is 5.10 Å². The van der Waals surface area contributed by atoms with Gasteiger partial charge in [0, 0.05) is 5.02 Å². The summed E-state index contributed by atoms with van der Waals surface area (Å²) in [4.78, 5) is 4.13. The van der Waals surface area contributed by atoms with Crippen molar-refractivity contribution in [2.45, 2.75) is 17.8 Å². The fourth-order valence-electron chi connectivity index (χ4n) is 1.56. The van der Waals surface area contributed by atoms with Crippen LogP contribution in [0, 0.1) is 6.92 Å². The van der Waals surface area contributed by atoms with Crippen molar-refractivity contribution < 1.29 is 4.52 Å². The maximum atomic E-state index is 5.97. The van der Waals surface area contributed by atoms with E-state index in [1.807, 2.05) is 12.1 Å². The van der Waals surface area contributed by atoms with Gasteiger partial charge in [0.15, 0.2) is 5.82 Å². The summed E-state index contributed by atoms with van der Waals surface area (Å²) in [5.74, 6) is 1.64. The highest BCUT2D eigenvalue weighted by Gasteiger charge is 2.11. The number of hydrogen-bond donors (Lipinski definition) is 0. The van der Waals surface area contributed by atoms with E-state index in [1.54, 1.807) is 23.7 Å². The van der Waals surface area contributed by atoms with Gasteiger partial charge in [0.1, 0.15) is 0 Å². The Morgan fingerprint density at radius 3 is 3.05 bits per heavy atom. The molecule has 0 aliphatic rings. The summed E-state index contributed by atoms with van der Waals surface area (Å²) in [6.07, 6.45) is 0. The second kappa shape index (κ2) is 5.59. The van der Waals surface area contributed by atoms with Crippen LogP contribution in [0.15, 0.2) is 33.9 Å². The van der Waals surface area contributed by atoms with Gasteiger partial charge in [-0.2, -0.15) is 9.67 Å². The lowest BCUT2D eigenvalue weighted by atomic mass is 10.3. The smallest absolute Gasteiger partial charge is 0.237 e. The van der Waals surface area contributed by atoms with E-state index in [-0.39, 0.29) is 0 Å². The number of aryl methyl sites for hydroxylation is 1. The van der Waals surface area contributed by atoms with Crippen molar-refractivity contribution in [3.8, 4) is 5.69 Å². The molecule has 3 rings (SSSR count). The van der Waals surface area contributed by atoms with Crippen LogP contribution in [0.5, 0.6) is 0 Å². The van der Waals surface area contributed by atoms with E-state index in [1.165, 1.54) is 11.8 Å². The quantitative estimate of drug-likeness (QED) is 0.684. The number of hydrogen-bond acceptors (Lipinski definition) is 7. The van der Waals surface area contributed by atoms with E-state index in [2.05, 4.69) is 25.7 Å². The van der Waals surface area contributed by atoms with Gasteiger partial charge in [-0.25, -0.2) is 0 Å². The standard InChI is InChI=1S/C11H9ClN6OS/c1-7-13-10(19-15-7)6-20-11-14-16-17-18(11)9-4-2-3-8(12)5-9/h2-5H,6H2,1H3. The highest BCUT2D eigenvalue weighted by atomic mass is 35.5. The first-order valence-electron chi connectivity index (χ1n) is 5.69. The Balaban J connectivity index is 1.80. The van der Waals surface area contributed by atoms with Crippen molar-refractivity contribution in [1.29, 1.82) is 0 Å². The molecule has 0 atom stereocenters. The minimum atomic E-state index is 0.502. The first-order chi connectivity index (χ1) is 9.72. The molecule has 0 aliphatic carbocycles. The Kier molecular flexibility index (Phi) is 3.66. The van der Waals surface area contributed by atoms with Gasteiger partial charge >= 0.3 is 0 Å². The van der Waals surface area contributed by atoms with Crippen LogP contribution in [0.2, 0.25) is 5.02 Å². The topological polar surface area (TPSA) is 82.5 Å². The summed E-state index contributed by atoms with van der Waals surface area (Å²) in [5, 5.41) is 16.6. The molecule has 102 valence electrons. The van der Waals surface area contributed by atoms with Crippen LogP contribution in [0.25, 0.3) is 5.69 Å². The molecule has 0 saturated carbocycles. The van der Waals surface area contributed by atoms with Gasteiger partial charge in [0.2, 0.25) is 11.0 Å². The molecule has 0 saturated heterocycles. The summed E-state index contributed by atoms with van der Waals surface area (Å²) in [6.45, 7) is 1.77. The molecule has 0 bridgehead atoms. The first-order valence-corrected chi connectivity index (χ1v) is 7.05. The molecule has 0 N–H and O–H groups in total. The van der Waals surface area contributed by atoms with Crippen molar-refractivity contribution in [2.75, 3.05) is 0 Å². The molecule has 9 heteroatoms. The molecule has 3 aromatic rings. The van der Waals surface area contributed by atoms with Crippen LogP contribution >= 0.6 is 23.4 Å². The SMILES string of the molecule is Cc1noc(CSc2nnnn2-c2cccc(Cl)c2)n1. The average molecular weight is 309 g/mol. The van der Waals surface area contributed by atoms with E-state index in [4.69, 9.17) is 16.1 Å². The molecule has 20 heavy (non-hydrogen) atoms. The molecule has 0 aliphatic heterocycles. The van der Waals surface area contributed by atoms with Gasteiger partial charge in [-0.3, -0.25) is 0 Å². The maximum absolute atomic E-state index is 5.97. The van der Waals surface area contributed by atoms with Crippen LogP contribution in [-0.4, -0.2) is 30.3 Å². The maximum Gasteiger partial charge on any atom is 0.237 e. The van der Waals surface area contributed by atoms with E-state index < -0.39 is 0 Å².